The zero-order valence-corrected chi connectivity index (χ0v) is 33.8. The molecule has 0 aliphatic heterocycles. The van der Waals surface area contributed by atoms with Crippen molar-refractivity contribution in [3.8, 4) is 0 Å². The van der Waals surface area contributed by atoms with E-state index in [-0.39, 0.29) is 23.3 Å². The van der Waals surface area contributed by atoms with Crippen molar-refractivity contribution in [1.82, 2.24) is 0 Å². The fourth-order valence-corrected chi connectivity index (χ4v) is 6.69. The van der Waals surface area contributed by atoms with Gasteiger partial charge in [-0.05, 0) is 60.7 Å². The number of amides is 2. The lowest BCUT2D eigenvalue weighted by atomic mass is 9.89. The lowest BCUT2D eigenvalue weighted by Gasteiger charge is -2.36. The molecule has 0 radical (unpaired) electrons. The lowest BCUT2D eigenvalue weighted by molar-refractivity contribution is -0.385. The summed E-state index contributed by atoms with van der Waals surface area (Å²) < 4.78 is 178. The van der Waals surface area contributed by atoms with E-state index in [1.54, 1.807) is 0 Å². The van der Waals surface area contributed by atoms with Crippen LogP contribution in [0.15, 0.2) is 102 Å². The van der Waals surface area contributed by atoms with E-state index in [2.05, 4.69) is 26.6 Å². The Balaban J connectivity index is 1.70. The normalized spacial score (nSPS) is 12.0. The van der Waals surface area contributed by atoms with Crippen molar-refractivity contribution < 1.29 is 81.7 Å². The molecule has 0 atom stereocenters. The molecule has 0 aromatic heterocycles. The van der Waals surface area contributed by atoms with Gasteiger partial charge in [0, 0.05) is 45.4 Å². The SMILES string of the molecule is O=C(CNc1cccc(C(=O)N(C(=O)c2cccc(NCC(=O)c3ccc([N+](=O)[O-])cc3)c2F)c2c(C(F)(F)F)ccc(Br)c2C(F)(C(F)(F)F)C(F)(F)F)c1F)c1ccc([N+](=O)[O-])cc1. The molecule has 0 saturated heterocycles. The van der Waals surface area contributed by atoms with Crippen LogP contribution in [0.25, 0.3) is 0 Å². The minimum atomic E-state index is -7.24. The number of nitrogens with one attached hydrogen (secondary N) is 2. The number of anilines is 3. The summed E-state index contributed by atoms with van der Waals surface area (Å²) >= 11 is 2.17. The van der Waals surface area contributed by atoms with Crippen molar-refractivity contribution in [2.45, 2.75) is 24.2 Å². The third-order valence-electron chi connectivity index (χ3n) is 9.33. The Morgan fingerprint density at radius 3 is 1.29 bits per heavy atom. The van der Waals surface area contributed by atoms with Crippen LogP contribution < -0.4 is 15.5 Å². The van der Waals surface area contributed by atoms with Gasteiger partial charge >= 0.3 is 24.2 Å². The molecule has 0 unspecified atom stereocenters. The maximum atomic E-state index is 16.3. The molecule has 0 saturated carbocycles. The van der Waals surface area contributed by atoms with Gasteiger partial charge in [0.2, 0.25) is 0 Å². The van der Waals surface area contributed by atoms with Crippen LogP contribution in [0.5, 0.6) is 0 Å². The number of nitro groups is 2. The largest absolute Gasteiger partial charge is 0.436 e. The number of nitrogens with zero attached hydrogens (tertiary/aromatic N) is 3. The molecule has 0 heterocycles. The van der Waals surface area contributed by atoms with Gasteiger partial charge in [-0.3, -0.25) is 39.4 Å². The van der Waals surface area contributed by atoms with Crippen LogP contribution in [0.3, 0.4) is 0 Å². The first-order valence-corrected chi connectivity index (χ1v) is 18.6. The van der Waals surface area contributed by atoms with Crippen molar-refractivity contribution in [2.24, 2.45) is 0 Å². The van der Waals surface area contributed by atoms with Crippen molar-refractivity contribution in [3.63, 3.8) is 0 Å². The number of non-ortho nitro benzene ring substituents is 2. The van der Waals surface area contributed by atoms with E-state index < -0.39 is 142 Å². The second kappa shape index (κ2) is 18.6. The molecule has 66 heavy (non-hydrogen) atoms. The van der Waals surface area contributed by atoms with Crippen LogP contribution in [0.2, 0.25) is 0 Å². The Labute approximate surface area is 368 Å². The quantitative estimate of drug-likeness (QED) is 0.0357. The van der Waals surface area contributed by atoms with Gasteiger partial charge in [-0.2, -0.15) is 39.5 Å². The Hall–Kier alpha value is -7.38. The highest BCUT2D eigenvalue weighted by atomic mass is 79.9. The number of benzene rings is 5. The van der Waals surface area contributed by atoms with Gasteiger partial charge in [0.05, 0.1) is 56.7 Å². The number of hydrogen-bond acceptors (Lipinski definition) is 10. The summed E-state index contributed by atoms with van der Waals surface area (Å²) in [5, 5.41) is 26.3. The zero-order chi connectivity index (χ0) is 49.3. The average Bonchev–Trinajstić information content (AvgIpc) is 3.24. The van der Waals surface area contributed by atoms with Gasteiger partial charge in [-0.15, -0.1) is 0 Å². The first kappa shape index (κ1) is 49.6. The third kappa shape index (κ3) is 9.81. The molecule has 0 aliphatic carbocycles. The first-order valence-electron chi connectivity index (χ1n) is 17.8. The highest BCUT2D eigenvalue weighted by Gasteiger charge is 2.75. The highest BCUT2D eigenvalue weighted by Crippen LogP contribution is 2.59. The molecule has 346 valence electrons. The summed E-state index contributed by atoms with van der Waals surface area (Å²) in [6.45, 7) is -1.83. The minimum absolute atomic E-state index is 0.124. The van der Waals surface area contributed by atoms with Gasteiger partial charge in [0.15, 0.2) is 23.2 Å². The number of hydrogen-bond donors (Lipinski definition) is 2. The van der Waals surface area contributed by atoms with Gasteiger partial charge < -0.3 is 10.6 Å². The number of halogens is 13. The van der Waals surface area contributed by atoms with Crippen molar-refractivity contribution in [1.29, 1.82) is 0 Å². The smallest absolute Gasteiger partial charge is 0.375 e. The first-order chi connectivity index (χ1) is 30.6. The summed E-state index contributed by atoms with van der Waals surface area (Å²) in [5.41, 5.74) is -22.0. The monoisotopic (exact) mass is 1010 g/mol. The van der Waals surface area contributed by atoms with Gasteiger partial charge in [-0.25, -0.2) is 18.1 Å². The van der Waals surface area contributed by atoms with Crippen molar-refractivity contribution in [3.05, 3.63) is 167 Å². The lowest BCUT2D eigenvalue weighted by Crippen LogP contribution is -2.52. The standard InChI is InChI=1S/C40H22BrF12N5O8/c41-26-16-15-25(38(45,46)47)34(31(26)37(44,39(48,49)50)40(51,52)53)56(35(61)23-3-1-5-27(32(23)42)54-17-29(59)19-7-11-21(12-8-19)57(63)64)36(62)24-4-2-6-28(33(24)43)55-18-30(60)20-9-13-22(14-10-20)58(65)66/h1-16,54-55H,17-18H2. The van der Waals surface area contributed by atoms with E-state index in [4.69, 9.17) is 0 Å². The molecule has 26 heteroatoms. The van der Waals surface area contributed by atoms with Crippen LogP contribution in [0, 0.1) is 31.9 Å². The van der Waals surface area contributed by atoms with Crippen LogP contribution in [-0.2, 0) is 11.8 Å². The maximum absolute atomic E-state index is 16.3. The van der Waals surface area contributed by atoms with E-state index in [1.807, 2.05) is 0 Å². The maximum Gasteiger partial charge on any atom is 0.436 e. The number of rotatable bonds is 14. The topological polar surface area (TPSA) is 182 Å². The third-order valence-corrected chi connectivity index (χ3v) is 9.99. The van der Waals surface area contributed by atoms with Crippen molar-refractivity contribution >= 4 is 67.7 Å². The second-order valence-electron chi connectivity index (χ2n) is 13.4. The Morgan fingerprint density at radius 1 is 0.576 bits per heavy atom. The summed E-state index contributed by atoms with van der Waals surface area (Å²) in [6, 6.07) is 10.9. The molecular formula is C40H22BrF12N5O8. The van der Waals surface area contributed by atoms with Gasteiger partial charge in [-0.1, -0.05) is 28.1 Å². The number of ketones is 2. The molecule has 5 aromatic rings. The molecule has 0 spiro atoms. The van der Waals surface area contributed by atoms with E-state index >= 15 is 13.2 Å². The fraction of sp³-hybridized carbons (Fsp3) is 0.150. The molecule has 2 N–H and O–H groups in total. The summed E-state index contributed by atoms with van der Waals surface area (Å²) in [6.07, 6.45) is -20.6. The predicted octanol–water partition coefficient (Wildman–Crippen LogP) is 10.9. The molecule has 5 aromatic carbocycles. The number of alkyl halides is 10. The zero-order valence-electron chi connectivity index (χ0n) is 32.2. The van der Waals surface area contributed by atoms with E-state index in [1.165, 1.54) is 0 Å². The number of carbonyl (C=O) groups excluding carboxylic acids is 4. The highest BCUT2D eigenvalue weighted by molar-refractivity contribution is 9.10. The van der Waals surface area contributed by atoms with E-state index in [9.17, 15) is 78.9 Å². The van der Waals surface area contributed by atoms with E-state index in [0.717, 1.165) is 60.7 Å². The van der Waals surface area contributed by atoms with Gasteiger partial charge in [0.25, 0.3) is 23.2 Å². The number of Topliss-reactive ketones (excluding diaryl/α,β-unsaturated/α-hetero) is 2. The fourth-order valence-electron chi connectivity index (χ4n) is 6.10. The van der Waals surface area contributed by atoms with E-state index in [0.29, 0.717) is 24.3 Å². The molecular weight excluding hydrogens is 986 g/mol. The van der Waals surface area contributed by atoms with Crippen molar-refractivity contribution in [2.75, 3.05) is 28.6 Å². The molecule has 0 fully saturated rings. The van der Waals surface area contributed by atoms with Crippen LogP contribution in [0.1, 0.15) is 52.6 Å². The Bertz CT molecular complexity index is 2620. The molecule has 0 aliphatic rings. The summed E-state index contributed by atoms with van der Waals surface area (Å²) in [5.74, 6) is -10.8. The number of imide groups is 1. The minimum Gasteiger partial charge on any atom is -0.375 e. The second-order valence-corrected chi connectivity index (χ2v) is 14.3. The summed E-state index contributed by atoms with van der Waals surface area (Å²) in [4.78, 5) is 73.6. The van der Waals surface area contributed by atoms with Crippen LogP contribution in [-0.4, -0.2) is 58.7 Å². The Kier molecular flexibility index (Phi) is 14.0. The van der Waals surface area contributed by atoms with Gasteiger partial charge in [0.1, 0.15) is 0 Å². The predicted molar refractivity (Wildman–Crippen MR) is 210 cm³/mol. The van der Waals surface area contributed by atoms with Crippen LogP contribution in [0.4, 0.5) is 81.1 Å². The number of nitro benzene ring substituents is 2. The van der Waals surface area contributed by atoms with Crippen LogP contribution >= 0.6 is 15.9 Å². The number of carbonyl (C=O) groups is 4. The molecule has 2 amide bonds. The molecule has 13 nitrogen and oxygen atoms in total. The average molecular weight is 1010 g/mol. The Morgan fingerprint density at radius 2 is 0.955 bits per heavy atom. The molecule has 5 rings (SSSR count). The molecule has 0 bridgehead atoms. The summed E-state index contributed by atoms with van der Waals surface area (Å²) in [7, 11) is 0.